The predicted molar refractivity (Wildman–Crippen MR) is 83.1 cm³/mol. The van der Waals surface area contributed by atoms with Gasteiger partial charge in [0.25, 0.3) is 5.91 Å². The minimum atomic E-state index is -0.448. The Hall–Kier alpha value is -1.84. The molecule has 0 radical (unpaired) electrons. The van der Waals surface area contributed by atoms with E-state index in [0.717, 1.165) is 31.5 Å². The standard InChI is InChI=1S/C17H24N2O2/c1-12(2)15(17(21)19-9-4-5-10-19)18-16(20)14-8-6-7-13(3)11-14/h6-8,11-12,15H,4-5,9-10H2,1-3H3,(H,18,20)/t15-/m0/s1. The molecule has 4 nitrogen and oxygen atoms in total. The van der Waals surface area contributed by atoms with E-state index in [-0.39, 0.29) is 17.7 Å². The maximum absolute atomic E-state index is 12.5. The first kappa shape index (κ1) is 15.5. The fourth-order valence-corrected chi connectivity index (χ4v) is 2.66. The quantitative estimate of drug-likeness (QED) is 0.924. The largest absolute Gasteiger partial charge is 0.341 e. The van der Waals surface area contributed by atoms with Gasteiger partial charge in [-0.1, -0.05) is 31.5 Å². The third kappa shape index (κ3) is 3.84. The molecule has 1 fully saturated rings. The van der Waals surface area contributed by atoms with Crippen LogP contribution in [0.15, 0.2) is 24.3 Å². The summed E-state index contributed by atoms with van der Waals surface area (Å²) in [5.41, 5.74) is 1.64. The van der Waals surface area contributed by atoms with Crippen molar-refractivity contribution >= 4 is 11.8 Å². The molecule has 114 valence electrons. The van der Waals surface area contributed by atoms with Crippen molar-refractivity contribution in [3.63, 3.8) is 0 Å². The molecule has 0 aliphatic carbocycles. The lowest BCUT2D eigenvalue weighted by Crippen LogP contribution is -2.50. The number of aryl methyl sites for hydroxylation is 1. The molecule has 1 aliphatic heterocycles. The van der Waals surface area contributed by atoms with Gasteiger partial charge in [0.2, 0.25) is 5.91 Å². The van der Waals surface area contributed by atoms with Crippen LogP contribution in [-0.4, -0.2) is 35.8 Å². The number of hydrogen-bond acceptors (Lipinski definition) is 2. The average molecular weight is 288 g/mol. The summed E-state index contributed by atoms with van der Waals surface area (Å²) in [6.07, 6.45) is 2.12. The molecule has 2 amide bonds. The van der Waals surface area contributed by atoms with Crippen molar-refractivity contribution in [3.8, 4) is 0 Å². The molecule has 0 bridgehead atoms. The first-order chi connectivity index (χ1) is 9.99. The summed E-state index contributed by atoms with van der Waals surface area (Å²) in [4.78, 5) is 26.7. The van der Waals surface area contributed by atoms with Crippen LogP contribution < -0.4 is 5.32 Å². The Bertz CT molecular complexity index is 519. The molecule has 21 heavy (non-hydrogen) atoms. The van der Waals surface area contributed by atoms with E-state index < -0.39 is 6.04 Å². The third-order valence-electron chi connectivity index (χ3n) is 3.92. The molecule has 1 N–H and O–H groups in total. The Labute approximate surface area is 126 Å². The maximum Gasteiger partial charge on any atom is 0.251 e. The number of benzene rings is 1. The number of rotatable bonds is 4. The molecule has 0 unspecified atom stereocenters. The zero-order chi connectivity index (χ0) is 15.4. The van der Waals surface area contributed by atoms with E-state index in [1.807, 2.05) is 43.9 Å². The van der Waals surface area contributed by atoms with Gasteiger partial charge in [-0.05, 0) is 37.8 Å². The normalized spacial score (nSPS) is 16.1. The lowest BCUT2D eigenvalue weighted by Gasteiger charge is -2.26. The van der Waals surface area contributed by atoms with Gasteiger partial charge in [-0.25, -0.2) is 0 Å². The Morgan fingerprint density at radius 3 is 2.43 bits per heavy atom. The van der Waals surface area contributed by atoms with Crippen molar-refractivity contribution in [3.05, 3.63) is 35.4 Å². The van der Waals surface area contributed by atoms with Crippen molar-refractivity contribution in [1.82, 2.24) is 10.2 Å². The summed E-state index contributed by atoms with van der Waals surface area (Å²) in [6, 6.07) is 6.98. The van der Waals surface area contributed by atoms with Crippen LogP contribution in [0.2, 0.25) is 0 Å². The van der Waals surface area contributed by atoms with Gasteiger partial charge in [0, 0.05) is 18.7 Å². The zero-order valence-electron chi connectivity index (χ0n) is 13.1. The van der Waals surface area contributed by atoms with E-state index in [9.17, 15) is 9.59 Å². The first-order valence-electron chi connectivity index (χ1n) is 7.65. The van der Waals surface area contributed by atoms with Crippen molar-refractivity contribution in [2.45, 2.75) is 39.7 Å². The molecular weight excluding hydrogens is 264 g/mol. The molecule has 0 saturated carbocycles. The van der Waals surface area contributed by atoms with Crippen LogP contribution in [0.4, 0.5) is 0 Å². The number of nitrogens with one attached hydrogen (secondary N) is 1. The molecule has 1 aliphatic rings. The molecule has 1 heterocycles. The van der Waals surface area contributed by atoms with Crippen LogP contribution in [0.5, 0.6) is 0 Å². The number of carbonyl (C=O) groups is 2. The van der Waals surface area contributed by atoms with Gasteiger partial charge in [0.15, 0.2) is 0 Å². The monoisotopic (exact) mass is 288 g/mol. The van der Waals surface area contributed by atoms with Gasteiger partial charge >= 0.3 is 0 Å². The number of hydrogen-bond donors (Lipinski definition) is 1. The lowest BCUT2D eigenvalue weighted by atomic mass is 10.0. The molecule has 2 rings (SSSR count). The molecule has 0 spiro atoms. The smallest absolute Gasteiger partial charge is 0.251 e. The Kier molecular flexibility index (Phi) is 4.99. The first-order valence-corrected chi connectivity index (χ1v) is 7.65. The van der Waals surface area contributed by atoms with E-state index in [1.54, 1.807) is 6.07 Å². The molecule has 1 aromatic rings. The van der Waals surface area contributed by atoms with Crippen LogP contribution in [0, 0.1) is 12.8 Å². The highest BCUT2D eigenvalue weighted by Crippen LogP contribution is 2.14. The maximum atomic E-state index is 12.5. The summed E-state index contributed by atoms with van der Waals surface area (Å²) >= 11 is 0. The average Bonchev–Trinajstić information content (AvgIpc) is 2.97. The molecule has 1 atom stereocenters. The van der Waals surface area contributed by atoms with Crippen molar-refractivity contribution < 1.29 is 9.59 Å². The summed E-state index contributed by atoms with van der Waals surface area (Å²) in [7, 11) is 0. The van der Waals surface area contributed by atoms with E-state index in [4.69, 9.17) is 0 Å². The fraction of sp³-hybridized carbons (Fsp3) is 0.529. The Balaban J connectivity index is 2.09. The molecule has 0 aromatic heterocycles. The van der Waals surface area contributed by atoms with Crippen LogP contribution in [0.25, 0.3) is 0 Å². The zero-order valence-corrected chi connectivity index (χ0v) is 13.1. The van der Waals surface area contributed by atoms with Gasteiger partial charge in [-0.3, -0.25) is 9.59 Å². The van der Waals surface area contributed by atoms with Gasteiger partial charge in [-0.15, -0.1) is 0 Å². The third-order valence-corrected chi connectivity index (χ3v) is 3.92. The van der Waals surface area contributed by atoms with Crippen LogP contribution in [-0.2, 0) is 4.79 Å². The van der Waals surface area contributed by atoms with Gasteiger partial charge < -0.3 is 10.2 Å². The highest BCUT2D eigenvalue weighted by atomic mass is 16.2. The summed E-state index contributed by atoms with van der Waals surface area (Å²) < 4.78 is 0. The highest BCUT2D eigenvalue weighted by molar-refractivity contribution is 5.97. The number of nitrogens with zero attached hydrogens (tertiary/aromatic N) is 1. The second kappa shape index (κ2) is 6.74. The van der Waals surface area contributed by atoms with Crippen LogP contribution in [0.1, 0.15) is 42.6 Å². The number of likely N-dealkylation sites (tertiary alicyclic amines) is 1. The van der Waals surface area contributed by atoms with Gasteiger partial charge in [-0.2, -0.15) is 0 Å². The van der Waals surface area contributed by atoms with Gasteiger partial charge in [0.1, 0.15) is 6.04 Å². The lowest BCUT2D eigenvalue weighted by molar-refractivity contribution is -0.133. The van der Waals surface area contributed by atoms with E-state index in [2.05, 4.69) is 5.32 Å². The Morgan fingerprint density at radius 2 is 1.86 bits per heavy atom. The van der Waals surface area contributed by atoms with Crippen molar-refractivity contribution in [2.75, 3.05) is 13.1 Å². The minimum absolute atomic E-state index is 0.0449. The SMILES string of the molecule is Cc1cccc(C(=O)N[C@H](C(=O)N2CCCC2)C(C)C)c1. The number of carbonyl (C=O) groups excluding carboxylic acids is 2. The summed E-state index contributed by atoms with van der Waals surface area (Å²) in [6.45, 7) is 7.50. The molecule has 1 aromatic carbocycles. The second-order valence-corrected chi connectivity index (χ2v) is 6.10. The summed E-state index contributed by atoms with van der Waals surface area (Å²) in [5, 5.41) is 2.91. The van der Waals surface area contributed by atoms with Crippen molar-refractivity contribution in [2.24, 2.45) is 5.92 Å². The van der Waals surface area contributed by atoms with E-state index in [0.29, 0.717) is 5.56 Å². The van der Waals surface area contributed by atoms with Crippen LogP contribution >= 0.6 is 0 Å². The van der Waals surface area contributed by atoms with Crippen LogP contribution in [0.3, 0.4) is 0 Å². The molecular formula is C17H24N2O2. The summed E-state index contributed by atoms with van der Waals surface area (Å²) in [5.74, 6) is -0.0553. The minimum Gasteiger partial charge on any atom is -0.341 e. The van der Waals surface area contributed by atoms with E-state index in [1.165, 1.54) is 0 Å². The fourth-order valence-electron chi connectivity index (χ4n) is 2.66. The van der Waals surface area contributed by atoms with E-state index >= 15 is 0 Å². The Morgan fingerprint density at radius 1 is 1.19 bits per heavy atom. The molecule has 4 heteroatoms. The topological polar surface area (TPSA) is 49.4 Å². The van der Waals surface area contributed by atoms with Gasteiger partial charge in [0.05, 0.1) is 0 Å². The molecule has 1 saturated heterocycles. The predicted octanol–water partition coefficient (Wildman–Crippen LogP) is 2.37. The second-order valence-electron chi connectivity index (χ2n) is 6.10. The number of amides is 2. The van der Waals surface area contributed by atoms with Crippen molar-refractivity contribution in [1.29, 1.82) is 0 Å². The highest BCUT2D eigenvalue weighted by Gasteiger charge is 2.30.